The third-order valence-corrected chi connectivity index (χ3v) is 10.9. The predicted octanol–water partition coefficient (Wildman–Crippen LogP) is 14.2. The first-order valence-electron chi connectivity index (χ1n) is 18.7. The van der Waals surface area contributed by atoms with Crippen LogP contribution in [0.2, 0.25) is 0 Å². The number of benzene rings is 9. The van der Waals surface area contributed by atoms with Gasteiger partial charge in [-0.1, -0.05) is 176 Å². The van der Waals surface area contributed by atoms with Crippen molar-refractivity contribution in [2.45, 2.75) is 0 Å². The topological polar surface area (TPSA) is 38.9 Å². The van der Waals surface area contributed by atoms with E-state index in [1.807, 2.05) is 18.2 Å². The van der Waals surface area contributed by atoms with E-state index < -0.39 is 0 Å². The lowest BCUT2D eigenvalue weighted by Gasteiger charge is -2.20. The summed E-state index contributed by atoms with van der Waals surface area (Å²) in [4.78, 5) is 10.8. The van der Waals surface area contributed by atoms with Crippen LogP contribution in [0.15, 0.2) is 199 Å². The molecule has 0 N–H and O–H groups in total. The molecule has 3 heteroatoms. The summed E-state index contributed by atoms with van der Waals surface area (Å²) in [7, 11) is 0. The van der Waals surface area contributed by atoms with Crippen molar-refractivity contribution in [3.8, 4) is 56.2 Å². The number of furan rings is 1. The number of para-hydroxylation sites is 1. The minimum atomic E-state index is 0.680. The zero-order valence-corrected chi connectivity index (χ0v) is 29.8. The normalized spacial score (nSPS) is 11.6. The van der Waals surface area contributed by atoms with E-state index in [2.05, 4.69) is 176 Å². The highest BCUT2D eigenvalue weighted by molar-refractivity contribution is 6.27. The summed E-state index contributed by atoms with van der Waals surface area (Å²) in [6.45, 7) is 0. The molecule has 0 radical (unpaired) electrons. The molecule has 2 heterocycles. The van der Waals surface area contributed by atoms with Gasteiger partial charge in [-0.25, -0.2) is 9.97 Å². The van der Waals surface area contributed by atoms with Gasteiger partial charge in [0.2, 0.25) is 0 Å². The fraction of sp³-hybridized carbons (Fsp3) is 0. The van der Waals surface area contributed by atoms with E-state index in [4.69, 9.17) is 14.4 Å². The first kappa shape index (κ1) is 31.2. The Morgan fingerprint density at radius 2 is 0.909 bits per heavy atom. The van der Waals surface area contributed by atoms with E-state index in [-0.39, 0.29) is 0 Å². The Kier molecular flexibility index (Phi) is 7.17. The molecule has 9 aromatic carbocycles. The fourth-order valence-corrected chi connectivity index (χ4v) is 8.50. The molecule has 0 saturated carbocycles. The molecule has 11 rings (SSSR count). The van der Waals surface area contributed by atoms with E-state index in [0.717, 1.165) is 66.5 Å². The standard InChI is InChI=1S/C52H32N2O/c1-3-17-34(18-4-1)48-40-24-11-12-25-41(40)51(50-36-21-8-7-16-33(36)30-31-43(48)50)45-32-44(53-52(54-45)35-19-5-2-6-20-35)38-23-10-9-22-37(38)39-27-15-29-47-49(39)42-26-13-14-28-46(42)55-47/h1-32H. The molecule has 256 valence electrons. The second kappa shape index (κ2) is 12.6. The van der Waals surface area contributed by atoms with Crippen LogP contribution in [-0.4, -0.2) is 9.97 Å². The monoisotopic (exact) mass is 700 g/mol. The molecule has 55 heavy (non-hydrogen) atoms. The Bertz CT molecular complexity index is 3250. The second-order valence-electron chi connectivity index (χ2n) is 14.0. The molecule has 0 bridgehead atoms. The van der Waals surface area contributed by atoms with Crippen LogP contribution in [0.25, 0.3) is 110 Å². The SMILES string of the molecule is c1ccc(-c2nc(-c3ccccc3-c3cccc4oc5ccccc5c34)cc(-c3c4ccccc4c(-c4ccccc4)c4ccc5ccccc5c34)n2)cc1. The van der Waals surface area contributed by atoms with E-state index in [0.29, 0.717) is 5.82 Å². The van der Waals surface area contributed by atoms with Gasteiger partial charge >= 0.3 is 0 Å². The first-order valence-corrected chi connectivity index (χ1v) is 18.7. The van der Waals surface area contributed by atoms with Gasteiger partial charge in [0.05, 0.1) is 11.4 Å². The van der Waals surface area contributed by atoms with Crippen molar-refractivity contribution in [3.63, 3.8) is 0 Å². The molecule has 2 aromatic heterocycles. The number of aromatic nitrogens is 2. The maximum absolute atomic E-state index is 6.35. The molecule has 0 fully saturated rings. The Balaban J connectivity index is 1.26. The number of hydrogen-bond acceptors (Lipinski definition) is 3. The quantitative estimate of drug-likeness (QED) is 0.133. The average molecular weight is 701 g/mol. The minimum absolute atomic E-state index is 0.680. The maximum Gasteiger partial charge on any atom is 0.160 e. The Morgan fingerprint density at radius 1 is 0.327 bits per heavy atom. The molecule has 0 saturated heterocycles. The smallest absolute Gasteiger partial charge is 0.160 e. The highest BCUT2D eigenvalue weighted by Gasteiger charge is 2.22. The summed E-state index contributed by atoms with van der Waals surface area (Å²) in [5.74, 6) is 0.680. The number of rotatable bonds is 5. The van der Waals surface area contributed by atoms with Crippen LogP contribution in [0.5, 0.6) is 0 Å². The lowest BCUT2D eigenvalue weighted by atomic mass is 9.85. The lowest BCUT2D eigenvalue weighted by molar-refractivity contribution is 0.669. The van der Waals surface area contributed by atoms with Crippen molar-refractivity contribution in [1.29, 1.82) is 0 Å². The van der Waals surface area contributed by atoms with Gasteiger partial charge in [-0.3, -0.25) is 0 Å². The molecule has 0 aliphatic rings. The van der Waals surface area contributed by atoms with Crippen molar-refractivity contribution in [2.24, 2.45) is 0 Å². The summed E-state index contributed by atoms with van der Waals surface area (Å²) >= 11 is 0. The van der Waals surface area contributed by atoms with Crippen LogP contribution in [0.4, 0.5) is 0 Å². The number of fused-ring (bicyclic) bond motifs is 7. The second-order valence-corrected chi connectivity index (χ2v) is 14.0. The summed E-state index contributed by atoms with van der Waals surface area (Å²) in [5, 5.41) is 9.29. The largest absolute Gasteiger partial charge is 0.456 e. The molecule has 0 aliphatic heterocycles. The molecular weight excluding hydrogens is 669 g/mol. The van der Waals surface area contributed by atoms with Crippen molar-refractivity contribution < 1.29 is 4.42 Å². The first-order chi connectivity index (χ1) is 27.3. The third-order valence-electron chi connectivity index (χ3n) is 10.9. The minimum Gasteiger partial charge on any atom is -0.456 e. The van der Waals surface area contributed by atoms with Crippen LogP contribution in [0.1, 0.15) is 0 Å². The summed E-state index contributed by atoms with van der Waals surface area (Å²) < 4.78 is 6.35. The Labute approximate surface area is 317 Å². The van der Waals surface area contributed by atoms with E-state index >= 15 is 0 Å². The van der Waals surface area contributed by atoms with Gasteiger partial charge in [-0.2, -0.15) is 0 Å². The van der Waals surface area contributed by atoms with Crippen LogP contribution in [0, 0.1) is 0 Å². The zero-order chi connectivity index (χ0) is 36.3. The molecule has 0 aliphatic carbocycles. The highest BCUT2D eigenvalue weighted by Crippen LogP contribution is 2.47. The molecule has 3 nitrogen and oxygen atoms in total. The maximum atomic E-state index is 6.35. The summed E-state index contributed by atoms with van der Waals surface area (Å²) in [6, 6.07) is 68.5. The lowest BCUT2D eigenvalue weighted by Crippen LogP contribution is -1.99. The Morgan fingerprint density at radius 3 is 1.71 bits per heavy atom. The number of hydrogen-bond donors (Lipinski definition) is 0. The van der Waals surface area contributed by atoms with Crippen LogP contribution in [0.3, 0.4) is 0 Å². The van der Waals surface area contributed by atoms with E-state index in [1.54, 1.807) is 0 Å². The molecule has 0 spiro atoms. The van der Waals surface area contributed by atoms with Crippen LogP contribution < -0.4 is 0 Å². The van der Waals surface area contributed by atoms with Gasteiger partial charge in [0.25, 0.3) is 0 Å². The Hall–Kier alpha value is -7.36. The van der Waals surface area contributed by atoms with Crippen molar-refractivity contribution >= 4 is 54.3 Å². The zero-order valence-electron chi connectivity index (χ0n) is 29.8. The van der Waals surface area contributed by atoms with Gasteiger partial charge in [-0.05, 0) is 67.4 Å². The summed E-state index contributed by atoms with van der Waals surface area (Å²) in [5.41, 5.74) is 11.2. The van der Waals surface area contributed by atoms with Gasteiger partial charge in [0, 0.05) is 32.8 Å². The third kappa shape index (κ3) is 5.05. The van der Waals surface area contributed by atoms with E-state index in [9.17, 15) is 0 Å². The fourth-order valence-electron chi connectivity index (χ4n) is 8.50. The molecule has 0 atom stereocenters. The molecule has 0 amide bonds. The van der Waals surface area contributed by atoms with Gasteiger partial charge < -0.3 is 4.42 Å². The molecular formula is C52H32N2O. The van der Waals surface area contributed by atoms with Crippen LogP contribution >= 0.6 is 0 Å². The molecule has 11 aromatic rings. The van der Waals surface area contributed by atoms with Crippen molar-refractivity contribution in [2.75, 3.05) is 0 Å². The van der Waals surface area contributed by atoms with E-state index in [1.165, 1.54) is 38.1 Å². The molecule has 0 unspecified atom stereocenters. The average Bonchev–Trinajstić information content (AvgIpc) is 3.65. The van der Waals surface area contributed by atoms with Gasteiger partial charge in [0.1, 0.15) is 11.2 Å². The van der Waals surface area contributed by atoms with Crippen LogP contribution in [-0.2, 0) is 0 Å². The highest BCUT2D eigenvalue weighted by atomic mass is 16.3. The summed E-state index contributed by atoms with van der Waals surface area (Å²) in [6.07, 6.45) is 0. The van der Waals surface area contributed by atoms with Gasteiger partial charge in [0.15, 0.2) is 5.82 Å². The predicted molar refractivity (Wildman–Crippen MR) is 229 cm³/mol. The van der Waals surface area contributed by atoms with Crippen molar-refractivity contribution in [1.82, 2.24) is 9.97 Å². The number of nitrogens with zero attached hydrogens (tertiary/aromatic N) is 2. The van der Waals surface area contributed by atoms with Crippen molar-refractivity contribution in [3.05, 3.63) is 194 Å². The van der Waals surface area contributed by atoms with Gasteiger partial charge in [-0.15, -0.1) is 0 Å².